The zero-order chi connectivity index (χ0) is 13.0. The topological polar surface area (TPSA) is 61.9 Å². The van der Waals surface area contributed by atoms with Crippen molar-refractivity contribution in [2.45, 2.75) is 31.8 Å². The third-order valence-corrected chi connectivity index (χ3v) is 3.84. The van der Waals surface area contributed by atoms with Crippen molar-refractivity contribution in [2.24, 2.45) is 10.9 Å². The largest absolute Gasteiger partial charge is 0.409 e. The van der Waals surface area contributed by atoms with Gasteiger partial charge in [-0.25, -0.2) is 0 Å². The van der Waals surface area contributed by atoms with Gasteiger partial charge in [-0.2, -0.15) is 0 Å². The van der Waals surface area contributed by atoms with Crippen LogP contribution in [0, 0.1) is 0 Å². The van der Waals surface area contributed by atoms with E-state index < -0.39 is 0 Å². The second kappa shape index (κ2) is 6.20. The van der Waals surface area contributed by atoms with Crippen LogP contribution < -0.4 is 5.73 Å². The summed E-state index contributed by atoms with van der Waals surface area (Å²) in [5, 5.41) is 12.0. The molecule has 4 nitrogen and oxygen atoms in total. The number of rotatable bonds is 3. The van der Waals surface area contributed by atoms with E-state index in [0.29, 0.717) is 5.84 Å². The lowest BCUT2D eigenvalue weighted by Crippen LogP contribution is -2.47. The summed E-state index contributed by atoms with van der Waals surface area (Å²) in [5.74, 6) is 0.324. The Morgan fingerprint density at radius 3 is 3.06 bits per heavy atom. The van der Waals surface area contributed by atoms with Gasteiger partial charge in [-0.1, -0.05) is 39.6 Å². The number of nitrogens with two attached hydrogens (primary N) is 1. The molecule has 1 unspecified atom stereocenters. The molecule has 2 rings (SSSR count). The van der Waals surface area contributed by atoms with Gasteiger partial charge in [0.2, 0.25) is 0 Å². The summed E-state index contributed by atoms with van der Waals surface area (Å²) in [7, 11) is 0. The number of halogens is 1. The number of nitrogens with zero attached hydrogens (tertiary/aromatic N) is 2. The van der Waals surface area contributed by atoms with E-state index in [1.165, 1.54) is 12.0 Å². The number of amidine groups is 1. The van der Waals surface area contributed by atoms with E-state index in [9.17, 15) is 0 Å². The van der Waals surface area contributed by atoms with Gasteiger partial charge in [0.25, 0.3) is 0 Å². The lowest BCUT2D eigenvalue weighted by molar-refractivity contribution is 0.178. The maximum atomic E-state index is 8.84. The van der Waals surface area contributed by atoms with Crippen molar-refractivity contribution in [3.63, 3.8) is 0 Å². The average Bonchev–Trinajstić information content (AvgIpc) is 2.38. The van der Waals surface area contributed by atoms with Gasteiger partial charge in [0, 0.05) is 11.0 Å². The molecule has 1 heterocycles. The van der Waals surface area contributed by atoms with Crippen molar-refractivity contribution in [3.05, 3.63) is 34.3 Å². The van der Waals surface area contributed by atoms with Crippen LogP contribution in [0.1, 0.15) is 24.8 Å². The molecule has 3 N–H and O–H groups in total. The van der Waals surface area contributed by atoms with Crippen LogP contribution in [0.5, 0.6) is 0 Å². The molecule has 0 aliphatic carbocycles. The molecule has 1 aliphatic heterocycles. The Kier molecular flexibility index (Phi) is 4.60. The molecule has 0 amide bonds. The van der Waals surface area contributed by atoms with Crippen LogP contribution in [0.25, 0.3) is 0 Å². The first-order valence-corrected chi connectivity index (χ1v) is 6.96. The highest BCUT2D eigenvalue weighted by atomic mass is 79.9. The Balaban J connectivity index is 2.10. The molecule has 18 heavy (non-hydrogen) atoms. The highest BCUT2D eigenvalue weighted by molar-refractivity contribution is 9.10. The van der Waals surface area contributed by atoms with Crippen molar-refractivity contribution in [3.8, 4) is 0 Å². The van der Waals surface area contributed by atoms with Crippen LogP contribution >= 0.6 is 15.9 Å². The normalized spacial score (nSPS) is 22.1. The second-order valence-corrected chi connectivity index (χ2v) is 5.55. The van der Waals surface area contributed by atoms with Gasteiger partial charge < -0.3 is 10.9 Å². The van der Waals surface area contributed by atoms with E-state index >= 15 is 0 Å². The van der Waals surface area contributed by atoms with E-state index in [4.69, 9.17) is 10.9 Å². The molecule has 5 heteroatoms. The zero-order valence-electron chi connectivity index (χ0n) is 10.2. The van der Waals surface area contributed by atoms with Gasteiger partial charge >= 0.3 is 0 Å². The summed E-state index contributed by atoms with van der Waals surface area (Å²) in [5.41, 5.74) is 7.01. The monoisotopic (exact) mass is 311 g/mol. The van der Waals surface area contributed by atoms with Gasteiger partial charge in [-0.05, 0) is 37.1 Å². The third kappa shape index (κ3) is 3.23. The fourth-order valence-corrected chi connectivity index (χ4v) is 2.90. The van der Waals surface area contributed by atoms with Gasteiger partial charge in [0.1, 0.15) is 0 Å². The SMILES string of the molecule is NC(=NO)C1CCCCN1Cc1cccc(Br)c1. The van der Waals surface area contributed by atoms with E-state index in [-0.39, 0.29) is 6.04 Å². The summed E-state index contributed by atoms with van der Waals surface area (Å²) in [4.78, 5) is 2.28. The molecule has 1 aromatic rings. The van der Waals surface area contributed by atoms with E-state index in [0.717, 1.165) is 30.4 Å². The first kappa shape index (κ1) is 13.4. The van der Waals surface area contributed by atoms with Crippen molar-refractivity contribution in [1.82, 2.24) is 4.90 Å². The summed E-state index contributed by atoms with van der Waals surface area (Å²) in [6.45, 7) is 1.83. The summed E-state index contributed by atoms with van der Waals surface area (Å²) in [6.07, 6.45) is 3.27. The van der Waals surface area contributed by atoms with Crippen LogP contribution in [-0.2, 0) is 6.54 Å². The fourth-order valence-electron chi connectivity index (χ4n) is 2.45. The molecule has 1 saturated heterocycles. The minimum Gasteiger partial charge on any atom is -0.409 e. The number of piperidine rings is 1. The number of hydrogen-bond donors (Lipinski definition) is 2. The standard InChI is InChI=1S/C13H18BrN3O/c14-11-5-3-4-10(8-11)9-17-7-2-1-6-12(17)13(15)16-18/h3-5,8,12,18H,1-2,6-7,9H2,(H2,15,16). The minimum absolute atomic E-state index is 0.0581. The molecule has 1 atom stereocenters. The molecule has 1 aliphatic rings. The van der Waals surface area contributed by atoms with Crippen LogP contribution in [0.3, 0.4) is 0 Å². The second-order valence-electron chi connectivity index (χ2n) is 4.64. The van der Waals surface area contributed by atoms with Gasteiger partial charge in [-0.3, -0.25) is 4.90 Å². The Labute approximate surface area is 116 Å². The molecular weight excluding hydrogens is 294 g/mol. The molecule has 0 aromatic heterocycles. The Morgan fingerprint density at radius 2 is 2.33 bits per heavy atom. The Bertz CT molecular complexity index is 436. The number of oxime groups is 1. The number of likely N-dealkylation sites (tertiary alicyclic amines) is 1. The van der Waals surface area contributed by atoms with E-state index in [1.807, 2.05) is 12.1 Å². The van der Waals surface area contributed by atoms with Crippen molar-refractivity contribution in [1.29, 1.82) is 0 Å². The Hall–Kier alpha value is -1.07. The minimum atomic E-state index is 0.0581. The lowest BCUT2D eigenvalue weighted by Gasteiger charge is -2.34. The highest BCUT2D eigenvalue weighted by Gasteiger charge is 2.25. The quantitative estimate of drug-likeness (QED) is 0.390. The average molecular weight is 312 g/mol. The zero-order valence-corrected chi connectivity index (χ0v) is 11.8. The molecular formula is C13H18BrN3O. The summed E-state index contributed by atoms with van der Waals surface area (Å²) >= 11 is 3.48. The third-order valence-electron chi connectivity index (χ3n) is 3.35. The molecule has 0 saturated carbocycles. The summed E-state index contributed by atoms with van der Waals surface area (Å²) in [6, 6.07) is 8.31. The predicted octanol–water partition coefficient (Wildman–Crippen LogP) is 2.55. The van der Waals surface area contributed by atoms with Crippen LogP contribution in [-0.4, -0.2) is 28.5 Å². The number of hydrogen-bond acceptors (Lipinski definition) is 3. The Morgan fingerprint density at radius 1 is 1.50 bits per heavy atom. The van der Waals surface area contributed by atoms with Crippen molar-refractivity contribution in [2.75, 3.05) is 6.54 Å². The molecule has 0 bridgehead atoms. The highest BCUT2D eigenvalue weighted by Crippen LogP contribution is 2.21. The van der Waals surface area contributed by atoms with E-state index in [2.05, 4.69) is 38.1 Å². The van der Waals surface area contributed by atoms with Crippen molar-refractivity contribution < 1.29 is 5.21 Å². The molecule has 1 aromatic carbocycles. The van der Waals surface area contributed by atoms with Gasteiger partial charge in [0.15, 0.2) is 5.84 Å². The first-order valence-electron chi connectivity index (χ1n) is 6.16. The predicted molar refractivity (Wildman–Crippen MR) is 75.6 cm³/mol. The van der Waals surface area contributed by atoms with Gasteiger partial charge in [-0.15, -0.1) is 0 Å². The van der Waals surface area contributed by atoms with Crippen LogP contribution in [0.2, 0.25) is 0 Å². The van der Waals surface area contributed by atoms with Crippen molar-refractivity contribution >= 4 is 21.8 Å². The fraction of sp³-hybridized carbons (Fsp3) is 0.462. The molecule has 0 spiro atoms. The summed E-state index contributed by atoms with van der Waals surface area (Å²) < 4.78 is 1.08. The van der Waals surface area contributed by atoms with Crippen LogP contribution in [0.15, 0.2) is 33.9 Å². The number of benzene rings is 1. The maximum absolute atomic E-state index is 8.84. The maximum Gasteiger partial charge on any atom is 0.156 e. The molecule has 1 fully saturated rings. The molecule has 0 radical (unpaired) electrons. The lowest BCUT2D eigenvalue weighted by atomic mass is 10.0. The van der Waals surface area contributed by atoms with E-state index in [1.54, 1.807) is 0 Å². The van der Waals surface area contributed by atoms with Gasteiger partial charge in [0.05, 0.1) is 6.04 Å². The smallest absolute Gasteiger partial charge is 0.156 e. The first-order chi connectivity index (χ1) is 8.70. The molecule has 98 valence electrons. The van der Waals surface area contributed by atoms with Crippen LogP contribution in [0.4, 0.5) is 0 Å².